The van der Waals surface area contributed by atoms with Gasteiger partial charge in [-0.2, -0.15) is 0 Å². The van der Waals surface area contributed by atoms with Crippen molar-refractivity contribution < 1.29 is 13.5 Å². The number of hydrogen-bond donors (Lipinski definition) is 0. The summed E-state index contributed by atoms with van der Waals surface area (Å²) >= 11 is 0. The predicted octanol–water partition coefficient (Wildman–Crippen LogP) is 0.174. The molecule has 1 fully saturated rings. The Morgan fingerprint density at radius 2 is 1.86 bits per heavy atom. The van der Waals surface area contributed by atoms with E-state index in [0.717, 1.165) is 25.9 Å². The van der Waals surface area contributed by atoms with Crippen molar-refractivity contribution >= 4 is 9.84 Å². The van der Waals surface area contributed by atoms with Crippen molar-refractivity contribution in [1.82, 2.24) is 4.90 Å². The van der Waals surface area contributed by atoms with Gasteiger partial charge in [0.15, 0.2) is 0 Å². The minimum absolute atomic E-state index is 0.0138. The largest absolute Gasteiger partial charge is 0.302 e. The molecule has 4 nitrogen and oxygen atoms in total. The number of likely N-dealkylation sites (tertiary alicyclic amines) is 1. The Kier molecular flexibility index (Phi) is 4.34. The average Bonchev–Trinajstić information content (AvgIpc) is 2.14. The molecular formula is C9H18NO3S. The molecule has 1 aliphatic rings. The van der Waals surface area contributed by atoms with Crippen molar-refractivity contribution in [2.75, 3.05) is 38.2 Å². The van der Waals surface area contributed by atoms with Gasteiger partial charge in [0, 0.05) is 12.8 Å². The van der Waals surface area contributed by atoms with E-state index in [-0.39, 0.29) is 12.4 Å². The summed E-state index contributed by atoms with van der Waals surface area (Å²) in [5.41, 5.74) is 0. The van der Waals surface area contributed by atoms with E-state index in [2.05, 4.69) is 4.90 Å². The van der Waals surface area contributed by atoms with Gasteiger partial charge in [-0.1, -0.05) is 0 Å². The lowest BCUT2D eigenvalue weighted by atomic mass is 9.98. The molecule has 1 aliphatic heterocycles. The third kappa shape index (κ3) is 4.39. The van der Waals surface area contributed by atoms with Crippen LogP contribution >= 0.6 is 0 Å². The summed E-state index contributed by atoms with van der Waals surface area (Å²) in [5.74, 6) is 0.541. The fourth-order valence-electron chi connectivity index (χ4n) is 1.67. The van der Waals surface area contributed by atoms with Crippen LogP contribution in [0, 0.1) is 5.92 Å². The molecule has 0 amide bonds. The van der Waals surface area contributed by atoms with Gasteiger partial charge in [0.05, 0.1) is 12.4 Å². The van der Waals surface area contributed by atoms with Crippen molar-refractivity contribution in [3.8, 4) is 0 Å². The second-order valence-corrected chi connectivity index (χ2v) is 6.34. The van der Waals surface area contributed by atoms with Crippen LogP contribution in [0.15, 0.2) is 0 Å². The summed E-state index contributed by atoms with van der Waals surface area (Å²) in [4.78, 5) is 2.13. The summed E-state index contributed by atoms with van der Waals surface area (Å²) < 4.78 is 21.8. The first-order valence-corrected chi connectivity index (χ1v) is 7.05. The van der Waals surface area contributed by atoms with E-state index in [4.69, 9.17) is 0 Å². The van der Waals surface area contributed by atoms with Crippen LogP contribution in [0.1, 0.15) is 12.8 Å². The van der Waals surface area contributed by atoms with E-state index in [1.165, 1.54) is 6.26 Å². The van der Waals surface area contributed by atoms with Gasteiger partial charge in [0.1, 0.15) is 9.84 Å². The SMILES string of the molecule is CS(=O)(=O)CCN1CCC(C[O])CC1. The molecule has 0 aromatic carbocycles. The number of nitrogens with zero attached hydrogens (tertiary/aromatic N) is 1. The van der Waals surface area contributed by atoms with Crippen molar-refractivity contribution in [2.24, 2.45) is 5.92 Å². The van der Waals surface area contributed by atoms with Gasteiger partial charge in [0.25, 0.3) is 0 Å². The van der Waals surface area contributed by atoms with Gasteiger partial charge in [-0.15, -0.1) is 0 Å². The van der Waals surface area contributed by atoms with Crippen LogP contribution in [0.2, 0.25) is 0 Å². The maximum absolute atomic E-state index is 10.9. The van der Waals surface area contributed by atoms with E-state index < -0.39 is 9.84 Å². The van der Waals surface area contributed by atoms with Crippen molar-refractivity contribution in [3.05, 3.63) is 0 Å². The first kappa shape index (κ1) is 11.9. The van der Waals surface area contributed by atoms with Crippen LogP contribution in [0.3, 0.4) is 0 Å². The minimum atomic E-state index is -2.85. The van der Waals surface area contributed by atoms with E-state index in [1.807, 2.05) is 0 Å². The molecule has 0 saturated carbocycles. The predicted molar refractivity (Wildman–Crippen MR) is 54.4 cm³/mol. The second kappa shape index (κ2) is 5.09. The molecule has 5 heteroatoms. The molecule has 0 bridgehead atoms. The summed E-state index contributed by atoms with van der Waals surface area (Å²) in [6, 6.07) is 0. The van der Waals surface area contributed by atoms with Gasteiger partial charge >= 0.3 is 0 Å². The number of piperidine rings is 1. The molecule has 0 atom stereocenters. The Morgan fingerprint density at radius 1 is 1.29 bits per heavy atom. The Bertz CT molecular complexity index is 255. The van der Waals surface area contributed by atoms with Crippen LogP contribution in [0.4, 0.5) is 0 Å². The minimum Gasteiger partial charge on any atom is -0.302 e. The first-order chi connectivity index (χ1) is 6.51. The Morgan fingerprint density at radius 3 is 2.29 bits per heavy atom. The Labute approximate surface area is 85.8 Å². The zero-order valence-corrected chi connectivity index (χ0v) is 9.42. The van der Waals surface area contributed by atoms with Crippen molar-refractivity contribution in [3.63, 3.8) is 0 Å². The van der Waals surface area contributed by atoms with E-state index >= 15 is 0 Å². The quantitative estimate of drug-likeness (QED) is 0.679. The average molecular weight is 220 g/mol. The molecule has 0 unspecified atom stereocenters. The van der Waals surface area contributed by atoms with Gasteiger partial charge < -0.3 is 4.90 Å². The third-order valence-electron chi connectivity index (χ3n) is 2.72. The lowest BCUT2D eigenvalue weighted by Gasteiger charge is -2.30. The first-order valence-electron chi connectivity index (χ1n) is 4.99. The van der Waals surface area contributed by atoms with Gasteiger partial charge in [-0.05, 0) is 31.8 Å². The summed E-state index contributed by atoms with van der Waals surface area (Å²) in [7, 11) is -2.85. The van der Waals surface area contributed by atoms with Gasteiger partial charge in [-0.3, -0.25) is 0 Å². The highest BCUT2D eigenvalue weighted by Crippen LogP contribution is 2.15. The molecule has 1 radical (unpaired) electrons. The van der Waals surface area contributed by atoms with Crippen LogP contribution < -0.4 is 0 Å². The summed E-state index contributed by atoms with van der Waals surface area (Å²) in [6.07, 6.45) is 3.11. The topological polar surface area (TPSA) is 57.3 Å². The highest BCUT2D eigenvalue weighted by molar-refractivity contribution is 7.90. The lowest BCUT2D eigenvalue weighted by molar-refractivity contribution is 0.0937. The zero-order valence-electron chi connectivity index (χ0n) is 8.61. The lowest BCUT2D eigenvalue weighted by Crippen LogP contribution is -2.37. The molecular weight excluding hydrogens is 202 g/mol. The maximum Gasteiger partial charge on any atom is 0.148 e. The molecule has 0 aromatic heterocycles. The van der Waals surface area contributed by atoms with Gasteiger partial charge in [-0.25, -0.2) is 13.5 Å². The number of sulfone groups is 1. The fraction of sp³-hybridized carbons (Fsp3) is 1.00. The highest BCUT2D eigenvalue weighted by atomic mass is 32.2. The standard InChI is InChI=1S/C9H18NO3S/c1-14(12,13)7-6-10-4-2-9(8-11)3-5-10/h9H,2-8H2,1H3. The normalized spacial score (nSPS) is 21.3. The summed E-state index contributed by atoms with van der Waals surface area (Å²) in [5, 5.41) is 10.6. The van der Waals surface area contributed by atoms with E-state index in [9.17, 15) is 13.5 Å². The van der Waals surface area contributed by atoms with Crippen molar-refractivity contribution in [1.29, 1.82) is 0 Å². The van der Waals surface area contributed by atoms with Crippen LogP contribution in [0.25, 0.3) is 0 Å². The Balaban J connectivity index is 2.23. The zero-order chi connectivity index (χ0) is 10.6. The second-order valence-electron chi connectivity index (χ2n) is 4.08. The smallest absolute Gasteiger partial charge is 0.148 e. The molecule has 83 valence electrons. The monoisotopic (exact) mass is 220 g/mol. The third-order valence-corrected chi connectivity index (χ3v) is 3.65. The van der Waals surface area contributed by atoms with E-state index in [1.54, 1.807) is 0 Å². The van der Waals surface area contributed by atoms with Crippen LogP contribution in [-0.2, 0) is 14.9 Å². The fourth-order valence-corrected chi connectivity index (χ4v) is 2.26. The maximum atomic E-state index is 10.9. The van der Waals surface area contributed by atoms with E-state index in [0.29, 0.717) is 12.5 Å². The molecule has 0 spiro atoms. The molecule has 0 aromatic rings. The number of rotatable bonds is 4. The Hall–Kier alpha value is -0.130. The van der Waals surface area contributed by atoms with Crippen LogP contribution in [0.5, 0.6) is 0 Å². The molecule has 1 saturated heterocycles. The molecule has 1 heterocycles. The molecule has 1 rings (SSSR count). The van der Waals surface area contributed by atoms with Gasteiger partial charge in [0.2, 0.25) is 0 Å². The van der Waals surface area contributed by atoms with Crippen molar-refractivity contribution in [2.45, 2.75) is 12.8 Å². The highest BCUT2D eigenvalue weighted by Gasteiger charge is 2.19. The molecule has 0 aliphatic carbocycles. The summed E-state index contributed by atoms with van der Waals surface area (Å²) in [6.45, 7) is 2.38. The molecule has 0 N–H and O–H groups in total. The number of hydrogen-bond acceptors (Lipinski definition) is 3. The van der Waals surface area contributed by atoms with Crippen LogP contribution in [-0.4, -0.2) is 51.6 Å². The molecule has 14 heavy (non-hydrogen) atoms.